The number of hydrogen-bond acceptors (Lipinski definition) is 14. The van der Waals surface area contributed by atoms with Crippen molar-refractivity contribution in [3.05, 3.63) is 84.0 Å². The highest BCUT2D eigenvalue weighted by Crippen LogP contribution is 2.14. The van der Waals surface area contributed by atoms with E-state index in [0.29, 0.717) is 0 Å². The Morgan fingerprint density at radius 2 is 0.780 bits per heavy atom. The number of carbonyl (C=O) groups excluding carboxylic acids is 4. The van der Waals surface area contributed by atoms with Crippen LogP contribution in [0.25, 0.3) is 0 Å². The Kier molecular flexibility index (Phi) is 19.7. The second kappa shape index (κ2) is 22.5. The number of hydrogen-bond donors (Lipinski definition) is 4. The molecule has 4 N–H and O–H groups in total. The molecular formula is C36H52N2O12. The Hall–Kier alpha value is -4.18. The van der Waals surface area contributed by atoms with Gasteiger partial charge in [-0.3, -0.25) is 9.80 Å². The van der Waals surface area contributed by atoms with Crippen LogP contribution in [-0.4, -0.2) is 131 Å². The molecule has 14 heteroatoms. The van der Waals surface area contributed by atoms with E-state index in [-0.39, 0.29) is 88.0 Å². The molecule has 0 spiro atoms. The van der Waals surface area contributed by atoms with E-state index in [9.17, 15) is 39.6 Å². The molecule has 1 aromatic carbocycles. The van der Waals surface area contributed by atoms with Gasteiger partial charge in [0.1, 0.15) is 50.8 Å². The first-order valence-electron chi connectivity index (χ1n) is 15.9. The number of rotatable bonds is 24. The maximum absolute atomic E-state index is 11.8. The first-order chi connectivity index (χ1) is 23.4. The minimum Gasteiger partial charge on any atom is -0.460 e. The predicted octanol–water partition coefficient (Wildman–Crippen LogP) is 1.21. The third kappa shape index (κ3) is 18.5. The topological polar surface area (TPSA) is 193 Å². The zero-order chi connectivity index (χ0) is 38.0. The van der Waals surface area contributed by atoms with E-state index in [2.05, 4.69) is 26.3 Å². The summed E-state index contributed by atoms with van der Waals surface area (Å²) in [5.74, 6) is -2.62. The summed E-state index contributed by atoms with van der Waals surface area (Å²) < 4.78 is 20.3. The van der Waals surface area contributed by atoms with E-state index in [0.717, 1.165) is 11.1 Å². The summed E-state index contributed by atoms with van der Waals surface area (Å²) >= 11 is 0. The van der Waals surface area contributed by atoms with Crippen molar-refractivity contribution >= 4 is 23.9 Å². The van der Waals surface area contributed by atoms with Gasteiger partial charge in [0.15, 0.2) is 0 Å². The molecule has 0 radical (unpaired) electrons. The molecule has 0 fully saturated rings. The van der Waals surface area contributed by atoms with Crippen LogP contribution in [0.3, 0.4) is 0 Å². The first kappa shape index (κ1) is 43.8. The predicted molar refractivity (Wildman–Crippen MR) is 184 cm³/mol. The second-order valence-electron chi connectivity index (χ2n) is 12.3. The number of esters is 4. The van der Waals surface area contributed by atoms with Crippen molar-refractivity contribution < 1.29 is 58.6 Å². The van der Waals surface area contributed by atoms with Crippen LogP contribution < -0.4 is 0 Å². The normalized spacial score (nSPS) is 13.5. The lowest BCUT2D eigenvalue weighted by Crippen LogP contribution is -2.41. The van der Waals surface area contributed by atoms with Gasteiger partial charge >= 0.3 is 23.9 Å². The van der Waals surface area contributed by atoms with Crippen molar-refractivity contribution in [2.75, 3.05) is 52.6 Å². The molecule has 1 rings (SSSR count). The lowest BCUT2D eigenvalue weighted by Gasteiger charge is -2.28. The third-order valence-electron chi connectivity index (χ3n) is 6.70. The fourth-order valence-electron chi connectivity index (χ4n) is 4.33. The Balaban J connectivity index is 3.15. The number of aliphatic hydroxyl groups is 4. The molecule has 4 atom stereocenters. The first-order valence-corrected chi connectivity index (χ1v) is 15.9. The van der Waals surface area contributed by atoms with E-state index in [1.165, 1.54) is 27.7 Å². The molecule has 0 saturated carbocycles. The SMILES string of the molecule is C=C(C)C(=O)OCC(O)CN(Cc1cccc(CN(CC(O)COC(=O)C(=C)C)CC(O)COC(=O)C(=C)C)c1)CC(O)COC(=O)C(=C)C. The molecule has 278 valence electrons. The largest absolute Gasteiger partial charge is 0.460 e. The van der Waals surface area contributed by atoms with Gasteiger partial charge in [0.2, 0.25) is 0 Å². The zero-order valence-corrected chi connectivity index (χ0v) is 29.5. The van der Waals surface area contributed by atoms with E-state index >= 15 is 0 Å². The summed E-state index contributed by atoms with van der Waals surface area (Å²) in [4.78, 5) is 50.7. The van der Waals surface area contributed by atoms with Crippen molar-refractivity contribution in [2.24, 2.45) is 0 Å². The van der Waals surface area contributed by atoms with E-state index < -0.39 is 48.3 Å². The van der Waals surface area contributed by atoms with Gasteiger partial charge in [0, 0.05) is 61.6 Å². The fourth-order valence-corrected chi connectivity index (χ4v) is 4.33. The van der Waals surface area contributed by atoms with Crippen LogP contribution in [0.1, 0.15) is 38.8 Å². The van der Waals surface area contributed by atoms with Crippen molar-refractivity contribution in [2.45, 2.75) is 65.2 Å². The number of carbonyl (C=O) groups is 4. The molecule has 0 saturated heterocycles. The van der Waals surface area contributed by atoms with E-state index in [4.69, 9.17) is 18.9 Å². The summed E-state index contributed by atoms with van der Waals surface area (Å²) in [7, 11) is 0. The van der Waals surface area contributed by atoms with Gasteiger partial charge in [-0.15, -0.1) is 0 Å². The molecule has 0 aliphatic heterocycles. The molecule has 4 unspecified atom stereocenters. The Morgan fingerprint density at radius 1 is 0.540 bits per heavy atom. The lowest BCUT2D eigenvalue weighted by atomic mass is 10.1. The standard InChI is InChI=1S/C36H52N2O12/c1-23(2)33(43)47-19-29(39)15-37(16-30(40)20-48-34(44)24(3)4)13-27-10-9-11-28(12-27)14-38(17-31(41)21-49-35(45)25(5)6)18-32(42)22-50-36(46)26(7)8/h9-12,29-32,39-42H,1,3,5,7,13-22H2,2,4,6,8H3. The van der Waals surface area contributed by atoms with Crippen LogP contribution in [0.4, 0.5) is 0 Å². The molecule has 0 bridgehead atoms. The average Bonchev–Trinajstić information content (AvgIpc) is 3.03. The summed E-state index contributed by atoms with van der Waals surface area (Å²) in [6.07, 6.45) is -4.49. The van der Waals surface area contributed by atoms with Crippen molar-refractivity contribution in [1.82, 2.24) is 9.80 Å². The van der Waals surface area contributed by atoms with Crippen LogP contribution in [-0.2, 0) is 51.2 Å². The van der Waals surface area contributed by atoms with E-state index in [1.807, 2.05) is 18.2 Å². The Bertz CT molecular complexity index is 1190. The zero-order valence-electron chi connectivity index (χ0n) is 29.5. The molecule has 50 heavy (non-hydrogen) atoms. The lowest BCUT2D eigenvalue weighted by molar-refractivity contribution is -0.144. The molecule has 0 amide bonds. The molecule has 0 heterocycles. The van der Waals surface area contributed by atoms with Crippen LogP contribution in [0, 0.1) is 0 Å². The van der Waals surface area contributed by atoms with Gasteiger partial charge in [0.25, 0.3) is 0 Å². The number of benzene rings is 1. The van der Waals surface area contributed by atoms with Gasteiger partial charge in [-0.1, -0.05) is 50.6 Å². The molecule has 14 nitrogen and oxygen atoms in total. The average molecular weight is 705 g/mol. The van der Waals surface area contributed by atoms with Gasteiger partial charge in [-0.25, -0.2) is 19.2 Å². The third-order valence-corrected chi connectivity index (χ3v) is 6.70. The van der Waals surface area contributed by atoms with Crippen molar-refractivity contribution in [3.8, 4) is 0 Å². The van der Waals surface area contributed by atoms with Crippen LogP contribution in [0.5, 0.6) is 0 Å². The maximum atomic E-state index is 11.8. The smallest absolute Gasteiger partial charge is 0.333 e. The fraction of sp³-hybridized carbons (Fsp3) is 0.500. The molecule has 0 aliphatic rings. The Labute approximate surface area is 293 Å². The van der Waals surface area contributed by atoms with Gasteiger partial charge in [-0.2, -0.15) is 0 Å². The minimum atomic E-state index is -1.12. The van der Waals surface area contributed by atoms with Gasteiger partial charge in [-0.05, 0) is 38.8 Å². The molecular weight excluding hydrogens is 652 g/mol. The maximum Gasteiger partial charge on any atom is 0.333 e. The van der Waals surface area contributed by atoms with E-state index in [1.54, 1.807) is 15.9 Å². The molecule has 1 aromatic rings. The number of nitrogens with zero attached hydrogens (tertiary/aromatic N) is 2. The quantitative estimate of drug-likeness (QED) is 0.0682. The van der Waals surface area contributed by atoms with Crippen LogP contribution in [0.2, 0.25) is 0 Å². The number of aliphatic hydroxyl groups excluding tert-OH is 4. The highest BCUT2D eigenvalue weighted by Gasteiger charge is 2.22. The van der Waals surface area contributed by atoms with Crippen LogP contribution >= 0.6 is 0 Å². The summed E-state index contributed by atoms with van der Waals surface area (Å²) in [6.45, 7) is 19.1. The van der Waals surface area contributed by atoms with Crippen molar-refractivity contribution in [1.29, 1.82) is 0 Å². The van der Waals surface area contributed by atoms with Gasteiger partial charge < -0.3 is 39.4 Å². The van der Waals surface area contributed by atoms with Gasteiger partial charge in [0.05, 0.1) is 0 Å². The van der Waals surface area contributed by atoms with Crippen LogP contribution in [0.15, 0.2) is 72.9 Å². The van der Waals surface area contributed by atoms with Crippen molar-refractivity contribution in [3.63, 3.8) is 0 Å². The monoisotopic (exact) mass is 704 g/mol. The molecule has 0 aromatic heterocycles. The molecule has 0 aliphatic carbocycles. The summed E-state index contributed by atoms with van der Waals surface area (Å²) in [5, 5.41) is 42.5. The highest BCUT2D eigenvalue weighted by molar-refractivity contribution is 5.88. The minimum absolute atomic E-state index is 0.0183. The highest BCUT2D eigenvalue weighted by atomic mass is 16.6. The Morgan fingerprint density at radius 3 is 1.00 bits per heavy atom. The summed E-state index contributed by atoms with van der Waals surface area (Å²) in [6, 6.07) is 7.27. The summed E-state index contributed by atoms with van der Waals surface area (Å²) in [5.41, 5.74) is 2.22. The number of ether oxygens (including phenoxy) is 4. The second-order valence-corrected chi connectivity index (χ2v) is 12.3.